The first-order valence-electron chi connectivity index (χ1n) is 10.5. The van der Waals surface area contributed by atoms with Crippen molar-refractivity contribution in [2.24, 2.45) is 0 Å². The Hall–Kier alpha value is -2.87. The Morgan fingerprint density at radius 3 is 2.29 bits per heavy atom. The number of rotatable bonds is 4. The van der Waals surface area contributed by atoms with Crippen LogP contribution in [-0.4, -0.2) is 66.5 Å². The highest BCUT2D eigenvalue weighted by molar-refractivity contribution is 6.31. The van der Waals surface area contributed by atoms with Gasteiger partial charge in [0, 0.05) is 28.5 Å². The molecule has 8 nitrogen and oxygen atoms in total. The third-order valence-electron chi connectivity index (χ3n) is 5.69. The van der Waals surface area contributed by atoms with Gasteiger partial charge in [-0.3, -0.25) is 0 Å². The number of ether oxygens (including phenoxy) is 1. The molecule has 5 atom stereocenters. The van der Waals surface area contributed by atoms with Crippen molar-refractivity contribution in [2.45, 2.75) is 36.6 Å². The van der Waals surface area contributed by atoms with E-state index >= 15 is 0 Å². The third kappa shape index (κ3) is 4.97. The van der Waals surface area contributed by atoms with E-state index in [-0.39, 0.29) is 5.56 Å². The number of nitrogens with zero attached hydrogens (tertiary/aromatic N) is 2. The predicted octanol–water partition coefficient (Wildman–Crippen LogP) is 0.739. The molecular weight excluding hydrogens is 460 g/mol. The van der Waals surface area contributed by atoms with Crippen LogP contribution in [0.4, 0.5) is 0 Å². The van der Waals surface area contributed by atoms with Crippen LogP contribution in [0.15, 0.2) is 61.2 Å². The molecule has 1 fully saturated rings. The summed E-state index contributed by atoms with van der Waals surface area (Å²) >= 11 is 6.37. The second kappa shape index (κ2) is 10.2. The van der Waals surface area contributed by atoms with Crippen molar-refractivity contribution in [3.8, 4) is 11.8 Å². The topological polar surface area (TPSA) is 136 Å². The molecule has 0 bridgehead atoms. The van der Waals surface area contributed by atoms with Crippen molar-refractivity contribution in [1.82, 2.24) is 9.97 Å². The molecule has 0 amide bonds. The molecule has 34 heavy (non-hydrogen) atoms. The summed E-state index contributed by atoms with van der Waals surface area (Å²) < 4.78 is 5.41. The van der Waals surface area contributed by atoms with Crippen molar-refractivity contribution < 1.29 is 30.3 Å². The van der Waals surface area contributed by atoms with Gasteiger partial charge in [-0.25, -0.2) is 9.97 Å². The molecule has 0 radical (unpaired) electrons. The van der Waals surface area contributed by atoms with Crippen molar-refractivity contribution in [3.05, 3.63) is 94.0 Å². The predicted molar refractivity (Wildman–Crippen MR) is 123 cm³/mol. The van der Waals surface area contributed by atoms with Gasteiger partial charge in [-0.1, -0.05) is 41.6 Å². The number of hydrogen-bond acceptors (Lipinski definition) is 8. The fourth-order valence-corrected chi connectivity index (χ4v) is 3.94. The van der Waals surface area contributed by atoms with E-state index in [0.29, 0.717) is 22.6 Å². The monoisotopic (exact) mass is 482 g/mol. The maximum absolute atomic E-state index is 11.1. The first-order chi connectivity index (χ1) is 16.3. The number of benzene rings is 2. The molecule has 3 aromatic rings. The maximum Gasteiger partial charge on any atom is 0.222 e. The molecule has 2 aromatic carbocycles. The van der Waals surface area contributed by atoms with Crippen LogP contribution < -0.4 is 0 Å². The minimum Gasteiger partial charge on any atom is -0.394 e. The largest absolute Gasteiger partial charge is 0.394 e. The minimum atomic E-state index is -2.34. The standard InChI is InChI=1S/C25H23ClN2O6/c26-20-8-7-19(25(33)24(32)23(31)22(30)21(13-29)34-25)10-18(20)9-16-4-1-15(2-5-16)3-6-17-11-27-14-28-12-17/h1-2,4-5,7-8,10-12,14,21-24,29-33H,9,13H2/t21-,22-,23+,24-,25+/m1/s1. The van der Waals surface area contributed by atoms with Crippen LogP contribution in [-0.2, 0) is 16.9 Å². The van der Waals surface area contributed by atoms with Crippen LogP contribution in [0.3, 0.4) is 0 Å². The summed E-state index contributed by atoms with van der Waals surface area (Å²) in [6.07, 6.45) is -1.27. The van der Waals surface area contributed by atoms with Gasteiger partial charge in [0.25, 0.3) is 0 Å². The fraction of sp³-hybridized carbons (Fsp3) is 0.280. The molecule has 1 aliphatic rings. The Labute approximate surface area is 201 Å². The summed E-state index contributed by atoms with van der Waals surface area (Å²) in [7, 11) is 0. The van der Waals surface area contributed by atoms with Gasteiger partial charge in [0.2, 0.25) is 5.79 Å². The molecule has 0 aliphatic carbocycles. The smallest absolute Gasteiger partial charge is 0.222 e. The molecule has 1 aliphatic heterocycles. The second-order valence-electron chi connectivity index (χ2n) is 8.02. The molecule has 1 aromatic heterocycles. The molecule has 0 unspecified atom stereocenters. The van der Waals surface area contributed by atoms with Crippen LogP contribution in [0.2, 0.25) is 5.02 Å². The van der Waals surface area contributed by atoms with Crippen molar-refractivity contribution in [3.63, 3.8) is 0 Å². The lowest BCUT2D eigenvalue weighted by atomic mass is 9.87. The van der Waals surface area contributed by atoms with Gasteiger partial charge in [-0.15, -0.1) is 0 Å². The lowest BCUT2D eigenvalue weighted by molar-refractivity contribution is -0.357. The number of aliphatic hydroxyl groups excluding tert-OH is 4. The molecule has 4 rings (SSSR count). The highest BCUT2D eigenvalue weighted by atomic mass is 35.5. The third-order valence-corrected chi connectivity index (χ3v) is 6.05. The van der Waals surface area contributed by atoms with Crippen molar-refractivity contribution >= 4 is 11.6 Å². The molecule has 0 saturated carbocycles. The van der Waals surface area contributed by atoms with E-state index in [1.165, 1.54) is 12.4 Å². The fourth-order valence-electron chi connectivity index (χ4n) is 3.76. The molecule has 176 valence electrons. The maximum atomic E-state index is 11.1. The van der Waals surface area contributed by atoms with Gasteiger partial charge < -0.3 is 30.3 Å². The SMILES string of the molecule is OC[C@H]1O[C@@](O)(c2ccc(Cl)c(Cc3ccc(C#Cc4cncnc4)cc3)c2)[C@H](O)[C@@H](O)[C@@H]1O. The molecule has 0 spiro atoms. The van der Waals surface area contributed by atoms with Crippen LogP contribution in [0.1, 0.15) is 27.8 Å². The number of aromatic nitrogens is 2. The Kier molecular flexibility index (Phi) is 7.26. The Morgan fingerprint density at radius 1 is 0.941 bits per heavy atom. The zero-order chi connectivity index (χ0) is 24.3. The van der Waals surface area contributed by atoms with E-state index in [2.05, 4.69) is 21.8 Å². The van der Waals surface area contributed by atoms with E-state index in [4.69, 9.17) is 16.3 Å². The summed E-state index contributed by atoms with van der Waals surface area (Å²) in [5.41, 5.74) is 3.22. The van der Waals surface area contributed by atoms with Gasteiger partial charge in [0.1, 0.15) is 30.7 Å². The van der Waals surface area contributed by atoms with E-state index in [1.54, 1.807) is 24.5 Å². The highest BCUT2D eigenvalue weighted by Gasteiger charge is 2.53. The Balaban J connectivity index is 1.55. The molecule has 2 heterocycles. The number of hydrogen-bond donors (Lipinski definition) is 5. The lowest BCUT2D eigenvalue weighted by Gasteiger charge is -2.45. The van der Waals surface area contributed by atoms with Crippen molar-refractivity contribution in [1.29, 1.82) is 0 Å². The van der Waals surface area contributed by atoms with E-state index in [1.807, 2.05) is 24.3 Å². The quantitative estimate of drug-likeness (QED) is 0.343. The first-order valence-corrected chi connectivity index (χ1v) is 10.9. The Morgan fingerprint density at radius 2 is 1.62 bits per heavy atom. The molecule has 9 heteroatoms. The summed E-state index contributed by atoms with van der Waals surface area (Å²) in [4.78, 5) is 7.85. The van der Waals surface area contributed by atoms with Crippen molar-refractivity contribution in [2.75, 3.05) is 6.61 Å². The normalized spacial score (nSPS) is 26.5. The zero-order valence-electron chi connectivity index (χ0n) is 17.9. The highest BCUT2D eigenvalue weighted by Crippen LogP contribution is 2.37. The minimum absolute atomic E-state index is 0.136. The van der Waals surface area contributed by atoms with E-state index in [9.17, 15) is 25.5 Å². The lowest BCUT2D eigenvalue weighted by Crippen LogP contribution is -2.63. The van der Waals surface area contributed by atoms with Gasteiger partial charge in [0.05, 0.1) is 12.2 Å². The summed E-state index contributed by atoms with van der Waals surface area (Å²) in [5.74, 6) is 3.69. The molecule has 5 N–H and O–H groups in total. The van der Waals surface area contributed by atoms with Gasteiger partial charge in [0.15, 0.2) is 0 Å². The van der Waals surface area contributed by atoms with Crippen LogP contribution in [0, 0.1) is 11.8 Å². The van der Waals surface area contributed by atoms with Gasteiger partial charge in [-0.2, -0.15) is 0 Å². The summed E-state index contributed by atoms with van der Waals surface area (Å²) in [6.45, 7) is -0.653. The van der Waals surface area contributed by atoms with Crippen LogP contribution in [0.5, 0.6) is 0 Å². The molecule has 1 saturated heterocycles. The average molecular weight is 483 g/mol. The molecular formula is C25H23ClN2O6. The summed E-state index contributed by atoms with van der Waals surface area (Å²) in [5, 5.41) is 51.5. The van der Waals surface area contributed by atoms with Gasteiger partial charge in [-0.05, 0) is 41.8 Å². The number of halogens is 1. The number of aliphatic hydroxyl groups is 5. The van der Waals surface area contributed by atoms with Gasteiger partial charge >= 0.3 is 0 Å². The average Bonchev–Trinajstić information content (AvgIpc) is 2.86. The zero-order valence-corrected chi connectivity index (χ0v) is 18.7. The van der Waals surface area contributed by atoms with E-state index < -0.39 is 36.8 Å². The first kappa shape index (κ1) is 24.3. The van der Waals surface area contributed by atoms with Crippen LogP contribution >= 0.6 is 11.6 Å². The second-order valence-corrected chi connectivity index (χ2v) is 8.43. The Bertz CT molecular complexity index is 1200. The van der Waals surface area contributed by atoms with Crippen LogP contribution in [0.25, 0.3) is 0 Å². The van der Waals surface area contributed by atoms with E-state index in [0.717, 1.165) is 11.1 Å². The summed E-state index contributed by atoms with van der Waals surface area (Å²) in [6, 6.07) is 12.1.